The lowest BCUT2D eigenvalue weighted by molar-refractivity contribution is -0.122. The smallest absolute Gasteiger partial charge is 0.338 e. The molecule has 10 nitrogen and oxygen atoms in total. The van der Waals surface area contributed by atoms with Crippen LogP contribution in [0.4, 0.5) is 11.4 Å². The fourth-order valence-electron chi connectivity index (χ4n) is 5.78. The molecule has 0 bridgehead atoms. The molecule has 12 heteroatoms. The summed E-state index contributed by atoms with van der Waals surface area (Å²) >= 11 is 2.10. The van der Waals surface area contributed by atoms with Crippen LogP contribution in [0, 0.1) is 12.8 Å². The molecule has 45 heavy (non-hydrogen) atoms. The second kappa shape index (κ2) is 12.4. The van der Waals surface area contributed by atoms with Crippen molar-refractivity contribution in [3.05, 3.63) is 104 Å². The summed E-state index contributed by atoms with van der Waals surface area (Å²) in [6.45, 7) is 3.54. The Morgan fingerprint density at radius 2 is 1.64 bits per heavy atom. The zero-order valence-electron chi connectivity index (χ0n) is 24.6. The van der Waals surface area contributed by atoms with E-state index in [9.17, 15) is 24.0 Å². The number of thioether (sulfide) groups is 1. The number of benzene rings is 3. The molecule has 3 atom stereocenters. The first kappa shape index (κ1) is 30.4. The Balaban J connectivity index is 1.40. The van der Waals surface area contributed by atoms with Crippen molar-refractivity contribution in [1.82, 2.24) is 4.57 Å². The van der Waals surface area contributed by atoms with Gasteiger partial charge < -0.3 is 14.8 Å². The van der Waals surface area contributed by atoms with E-state index in [-0.39, 0.29) is 23.9 Å². The maximum atomic E-state index is 14.2. The molecule has 0 radical (unpaired) electrons. The number of nitrogens with zero attached hydrogens (tertiary/aromatic N) is 2. The predicted octanol–water partition coefficient (Wildman–Crippen LogP) is 4.84. The molecule has 2 aliphatic rings. The highest BCUT2D eigenvalue weighted by Crippen LogP contribution is 2.55. The van der Waals surface area contributed by atoms with Crippen LogP contribution < -0.4 is 19.8 Å². The van der Waals surface area contributed by atoms with Gasteiger partial charge >= 0.3 is 10.8 Å². The average molecular weight is 644 g/mol. The van der Waals surface area contributed by atoms with Gasteiger partial charge in [0.15, 0.2) is 0 Å². The molecular formula is C33H29N3O7S2. The number of para-hydroxylation sites is 2. The number of thiazole rings is 1. The van der Waals surface area contributed by atoms with Crippen LogP contribution in [-0.4, -0.2) is 47.2 Å². The normalized spacial score (nSPS) is 18.7. The van der Waals surface area contributed by atoms with Gasteiger partial charge in [0.25, 0.3) is 0 Å². The highest BCUT2D eigenvalue weighted by Gasteiger charge is 2.57. The molecule has 1 fully saturated rings. The van der Waals surface area contributed by atoms with E-state index < -0.39 is 34.9 Å². The van der Waals surface area contributed by atoms with E-state index in [1.807, 2.05) is 37.3 Å². The summed E-state index contributed by atoms with van der Waals surface area (Å²) < 4.78 is 12.1. The maximum absolute atomic E-state index is 14.2. The number of fused-ring (bicyclic) bond motifs is 2. The number of rotatable bonds is 8. The highest BCUT2D eigenvalue weighted by atomic mass is 32.2. The van der Waals surface area contributed by atoms with E-state index in [4.69, 9.17) is 9.47 Å². The van der Waals surface area contributed by atoms with Gasteiger partial charge in [-0.3, -0.25) is 23.7 Å². The lowest BCUT2D eigenvalue weighted by atomic mass is 9.82. The summed E-state index contributed by atoms with van der Waals surface area (Å²) in [7, 11) is 1.53. The summed E-state index contributed by atoms with van der Waals surface area (Å²) in [5, 5.41) is 2.47. The summed E-state index contributed by atoms with van der Waals surface area (Å²) in [5.41, 5.74) is 2.80. The second-order valence-electron chi connectivity index (χ2n) is 10.5. The molecule has 2 aliphatic heterocycles. The Hall–Kier alpha value is -4.68. The summed E-state index contributed by atoms with van der Waals surface area (Å²) in [6.07, 6.45) is 0. The predicted molar refractivity (Wildman–Crippen MR) is 171 cm³/mol. The standard InChI is InChI=1S/C33H29N3O7S2/c1-4-43-32(40)19-13-15-20(16-14-19)36-29(38)26-25(21-10-6-8-12-23(21)42-3)28-31(44-27(26)30(36)39)35(33(41)45-28)17-24(37)34-22-11-7-5-9-18(22)2/h5-16,25-27H,4,17H2,1-3H3,(H,34,37). The van der Waals surface area contributed by atoms with Crippen molar-refractivity contribution in [3.63, 3.8) is 0 Å². The van der Waals surface area contributed by atoms with Crippen LogP contribution in [0.5, 0.6) is 5.75 Å². The minimum Gasteiger partial charge on any atom is -0.496 e. The molecule has 3 aromatic carbocycles. The van der Waals surface area contributed by atoms with Crippen LogP contribution in [-0.2, 0) is 25.7 Å². The molecule has 1 aromatic heterocycles. The number of carbonyl (C=O) groups excluding carboxylic acids is 4. The van der Waals surface area contributed by atoms with Crippen molar-refractivity contribution in [2.45, 2.75) is 36.6 Å². The largest absolute Gasteiger partial charge is 0.496 e. The van der Waals surface area contributed by atoms with Gasteiger partial charge in [-0.15, -0.1) is 0 Å². The number of aryl methyl sites for hydroxylation is 1. The van der Waals surface area contributed by atoms with E-state index in [1.54, 1.807) is 37.3 Å². The monoisotopic (exact) mass is 643 g/mol. The third-order valence-corrected chi connectivity index (χ3v) is 10.5. The quantitative estimate of drug-likeness (QED) is 0.214. The number of ether oxygens (including phenoxy) is 2. The number of methoxy groups -OCH3 is 1. The first-order valence-electron chi connectivity index (χ1n) is 14.3. The molecule has 0 aliphatic carbocycles. The summed E-state index contributed by atoms with van der Waals surface area (Å²) in [4.78, 5) is 68.4. The summed E-state index contributed by atoms with van der Waals surface area (Å²) in [5.74, 6) is -2.77. The zero-order valence-corrected chi connectivity index (χ0v) is 26.3. The van der Waals surface area contributed by atoms with E-state index in [1.165, 1.54) is 23.8 Å². The molecule has 1 N–H and O–H groups in total. The van der Waals surface area contributed by atoms with Crippen LogP contribution in [0.2, 0.25) is 0 Å². The number of carbonyl (C=O) groups is 4. The summed E-state index contributed by atoms with van der Waals surface area (Å²) in [6, 6.07) is 20.7. The van der Waals surface area contributed by atoms with Crippen LogP contribution in [0.3, 0.4) is 0 Å². The van der Waals surface area contributed by atoms with Gasteiger partial charge in [-0.1, -0.05) is 59.5 Å². The number of esters is 1. The van der Waals surface area contributed by atoms with Crippen molar-refractivity contribution in [1.29, 1.82) is 0 Å². The van der Waals surface area contributed by atoms with E-state index in [2.05, 4.69) is 5.32 Å². The number of aromatic nitrogens is 1. The number of imide groups is 1. The van der Waals surface area contributed by atoms with Gasteiger partial charge in [0, 0.05) is 22.0 Å². The van der Waals surface area contributed by atoms with Gasteiger partial charge in [0.1, 0.15) is 17.5 Å². The molecule has 3 heterocycles. The molecule has 4 aromatic rings. The van der Waals surface area contributed by atoms with Gasteiger partial charge in [0.05, 0.1) is 35.9 Å². The van der Waals surface area contributed by atoms with E-state index >= 15 is 0 Å². The molecule has 0 saturated carbocycles. The van der Waals surface area contributed by atoms with Crippen molar-refractivity contribution >= 4 is 58.2 Å². The number of hydrogen-bond donors (Lipinski definition) is 1. The van der Waals surface area contributed by atoms with Crippen molar-refractivity contribution in [2.24, 2.45) is 5.92 Å². The van der Waals surface area contributed by atoms with Gasteiger partial charge in [-0.2, -0.15) is 0 Å². The van der Waals surface area contributed by atoms with Gasteiger partial charge in [-0.25, -0.2) is 9.69 Å². The van der Waals surface area contributed by atoms with Crippen molar-refractivity contribution in [2.75, 3.05) is 23.9 Å². The fraction of sp³-hybridized carbons (Fsp3) is 0.242. The molecule has 3 unspecified atom stereocenters. The van der Waals surface area contributed by atoms with E-state index in [0.29, 0.717) is 38.2 Å². The number of hydrogen-bond acceptors (Lipinski definition) is 9. The van der Waals surface area contributed by atoms with Crippen LogP contribution in [0.1, 0.15) is 39.2 Å². The molecular weight excluding hydrogens is 615 g/mol. The lowest BCUT2D eigenvalue weighted by Crippen LogP contribution is -2.33. The van der Waals surface area contributed by atoms with Crippen molar-refractivity contribution in [3.8, 4) is 5.75 Å². The lowest BCUT2D eigenvalue weighted by Gasteiger charge is -2.31. The number of amides is 3. The Morgan fingerprint density at radius 1 is 0.933 bits per heavy atom. The first-order chi connectivity index (χ1) is 21.7. The molecule has 0 spiro atoms. The van der Waals surface area contributed by atoms with Crippen LogP contribution in [0.15, 0.2) is 82.6 Å². The van der Waals surface area contributed by atoms with Crippen LogP contribution >= 0.6 is 23.1 Å². The third kappa shape index (κ3) is 5.44. The second-order valence-corrected chi connectivity index (χ2v) is 12.7. The Labute approximate surface area is 267 Å². The minimum atomic E-state index is -0.871. The first-order valence-corrected chi connectivity index (χ1v) is 16.0. The van der Waals surface area contributed by atoms with Gasteiger partial charge in [0.2, 0.25) is 17.7 Å². The molecule has 230 valence electrons. The van der Waals surface area contributed by atoms with Crippen LogP contribution in [0.25, 0.3) is 0 Å². The third-order valence-electron chi connectivity index (χ3n) is 7.88. The maximum Gasteiger partial charge on any atom is 0.338 e. The van der Waals surface area contributed by atoms with Gasteiger partial charge in [-0.05, 0) is 55.8 Å². The Morgan fingerprint density at radius 3 is 2.36 bits per heavy atom. The minimum absolute atomic E-state index is 0.220. The molecule has 6 rings (SSSR count). The zero-order chi connectivity index (χ0) is 31.8. The average Bonchev–Trinajstić information content (AvgIpc) is 3.48. The highest BCUT2D eigenvalue weighted by molar-refractivity contribution is 8.00. The topological polar surface area (TPSA) is 124 Å². The number of anilines is 2. The molecule has 3 amide bonds. The SMILES string of the molecule is CCOC(=O)c1ccc(N2C(=O)C3Sc4c(sc(=O)n4CC(=O)Nc4ccccc4C)C(c4ccccc4OC)C3C2=O)cc1. The van der Waals surface area contributed by atoms with Crippen molar-refractivity contribution < 1.29 is 28.7 Å². The molecule has 1 saturated heterocycles. The number of nitrogens with one attached hydrogen (secondary N) is 1. The van der Waals surface area contributed by atoms with E-state index in [0.717, 1.165) is 33.6 Å². The Bertz CT molecular complexity index is 1880. The fourth-order valence-corrected chi connectivity index (χ4v) is 8.54. The Kier molecular flexibility index (Phi) is 8.34.